The quantitative estimate of drug-likeness (QED) is 0.473. The minimum Gasteiger partial charge on any atom is -0.464 e. The number of rotatable bonds is 3. The summed E-state index contributed by atoms with van der Waals surface area (Å²) in [7, 11) is 1.24. The minimum atomic E-state index is -0.671. The number of carbonyl (C=O) groups is 1. The van der Waals surface area contributed by atoms with Crippen molar-refractivity contribution in [2.45, 2.75) is 0 Å². The molecule has 0 atom stereocenters. The number of carbonyl (C=O) groups excluding carboxylic acids is 1. The molecule has 1 N–H and O–H groups in total. The standard InChI is InChI=1S/C9H9ClN2O2/c1-14-9(13)8(10)12-11-7-5-3-2-4-6-7/h2-6,11H,1H3. The number of para-hydroxylation sites is 1. The van der Waals surface area contributed by atoms with E-state index in [1.807, 2.05) is 18.2 Å². The van der Waals surface area contributed by atoms with Crippen LogP contribution in [-0.2, 0) is 9.53 Å². The van der Waals surface area contributed by atoms with Crippen LogP contribution in [0.4, 0.5) is 5.69 Å². The van der Waals surface area contributed by atoms with E-state index in [9.17, 15) is 4.79 Å². The van der Waals surface area contributed by atoms with E-state index < -0.39 is 5.97 Å². The van der Waals surface area contributed by atoms with Gasteiger partial charge in [0.05, 0.1) is 12.8 Å². The number of benzene rings is 1. The molecule has 4 nitrogen and oxygen atoms in total. The number of hydrazone groups is 1. The van der Waals surface area contributed by atoms with E-state index in [0.29, 0.717) is 0 Å². The molecular weight excluding hydrogens is 204 g/mol. The highest BCUT2D eigenvalue weighted by Crippen LogP contribution is 2.05. The number of hydrogen-bond donors (Lipinski definition) is 1. The Kier molecular flexibility index (Phi) is 3.94. The van der Waals surface area contributed by atoms with Crippen molar-refractivity contribution < 1.29 is 9.53 Å². The molecule has 0 aliphatic carbocycles. The summed E-state index contributed by atoms with van der Waals surface area (Å²) in [6.45, 7) is 0. The van der Waals surface area contributed by atoms with Crippen LogP contribution in [0, 0.1) is 0 Å². The van der Waals surface area contributed by atoms with Gasteiger partial charge >= 0.3 is 5.97 Å². The van der Waals surface area contributed by atoms with Crippen LogP contribution < -0.4 is 5.43 Å². The Morgan fingerprint density at radius 2 is 2.07 bits per heavy atom. The smallest absolute Gasteiger partial charge is 0.370 e. The van der Waals surface area contributed by atoms with Crippen molar-refractivity contribution in [3.05, 3.63) is 30.3 Å². The van der Waals surface area contributed by atoms with Gasteiger partial charge in [0.25, 0.3) is 0 Å². The van der Waals surface area contributed by atoms with Crippen molar-refractivity contribution in [1.29, 1.82) is 0 Å². The Hall–Kier alpha value is -1.55. The average Bonchev–Trinajstić information content (AvgIpc) is 2.26. The number of anilines is 1. The first-order chi connectivity index (χ1) is 6.74. The minimum absolute atomic E-state index is 0.239. The summed E-state index contributed by atoms with van der Waals surface area (Å²) in [6.07, 6.45) is 0. The van der Waals surface area contributed by atoms with Gasteiger partial charge in [-0.25, -0.2) is 4.79 Å². The highest BCUT2D eigenvalue weighted by molar-refractivity contribution is 6.82. The third kappa shape index (κ3) is 3.06. The lowest BCUT2D eigenvalue weighted by atomic mass is 10.3. The molecule has 0 fully saturated rings. The maximum absolute atomic E-state index is 10.8. The maximum atomic E-state index is 10.8. The normalized spacial score (nSPS) is 10.9. The van der Waals surface area contributed by atoms with Crippen LogP contribution in [0.5, 0.6) is 0 Å². The van der Waals surface area contributed by atoms with Gasteiger partial charge in [-0.15, -0.1) is 0 Å². The first-order valence-electron chi connectivity index (χ1n) is 3.86. The fourth-order valence-electron chi connectivity index (χ4n) is 0.756. The average molecular weight is 213 g/mol. The molecule has 74 valence electrons. The summed E-state index contributed by atoms with van der Waals surface area (Å²) in [5, 5.41) is 3.38. The SMILES string of the molecule is COC(=O)C(Cl)=NNc1ccccc1. The molecule has 5 heteroatoms. The van der Waals surface area contributed by atoms with Crippen molar-refractivity contribution in [3.63, 3.8) is 0 Å². The third-order valence-corrected chi connectivity index (χ3v) is 1.65. The van der Waals surface area contributed by atoms with Crippen LogP contribution >= 0.6 is 11.6 Å². The van der Waals surface area contributed by atoms with Gasteiger partial charge in [-0.3, -0.25) is 5.43 Å². The van der Waals surface area contributed by atoms with Crippen molar-refractivity contribution >= 4 is 28.4 Å². The molecule has 0 amide bonds. The lowest BCUT2D eigenvalue weighted by Crippen LogP contribution is -2.11. The fourth-order valence-corrected chi connectivity index (χ4v) is 0.876. The van der Waals surface area contributed by atoms with Gasteiger partial charge in [0.2, 0.25) is 5.17 Å². The number of hydrogen-bond acceptors (Lipinski definition) is 4. The molecule has 1 aromatic rings. The van der Waals surface area contributed by atoms with Gasteiger partial charge in [0, 0.05) is 0 Å². The van der Waals surface area contributed by atoms with Gasteiger partial charge in [0.15, 0.2) is 0 Å². The molecule has 14 heavy (non-hydrogen) atoms. The Morgan fingerprint density at radius 1 is 1.43 bits per heavy atom. The number of ether oxygens (including phenoxy) is 1. The molecule has 0 bridgehead atoms. The lowest BCUT2D eigenvalue weighted by Gasteiger charge is -1.99. The van der Waals surface area contributed by atoms with Crippen LogP contribution in [0.15, 0.2) is 35.4 Å². The van der Waals surface area contributed by atoms with E-state index in [0.717, 1.165) is 5.69 Å². The van der Waals surface area contributed by atoms with E-state index in [2.05, 4.69) is 15.3 Å². The molecule has 1 rings (SSSR count). The number of nitrogens with zero attached hydrogens (tertiary/aromatic N) is 1. The number of halogens is 1. The molecule has 0 aromatic heterocycles. The molecule has 1 aromatic carbocycles. The molecule has 0 unspecified atom stereocenters. The van der Waals surface area contributed by atoms with Crippen LogP contribution in [0.1, 0.15) is 0 Å². The largest absolute Gasteiger partial charge is 0.464 e. The third-order valence-electron chi connectivity index (χ3n) is 1.41. The van der Waals surface area contributed by atoms with E-state index in [-0.39, 0.29) is 5.17 Å². The summed E-state index contributed by atoms with van der Waals surface area (Å²) < 4.78 is 4.36. The second-order valence-corrected chi connectivity index (χ2v) is 2.73. The summed E-state index contributed by atoms with van der Waals surface area (Å²) in [5.74, 6) is -0.671. The predicted molar refractivity (Wildman–Crippen MR) is 55.4 cm³/mol. The Labute approximate surface area is 86.5 Å². The van der Waals surface area contributed by atoms with Crippen LogP contribution in [0.25, 0.3) is 0 Å². The predicted octanol–water partition coefficient (Wildman–Crippen LogP) is 1.82. The highest BCUT2D eigenvalue weighted by atomic mass is 35.5. The zero-order valence-electron chi connectivity index (χ0n) is 7.53. The number of esters is 1. The van der Waals surface area contributed by atoms with Gasteiger partial charge in [-0.2, -0.15) is 5.10 Å². The van der Waals surface area contributed by atoms with E-state index >= 15 is 0 Å². The lowest BCUT2D eigenvalue weighted by molar-refractivity contribution is -0.132. The fraction of sp³-hybridized carbons (Fsp3) is 0.111. The maximum Gasteiger partial charge on any atom is 0.370 e. The molecule has 0 saturated carbocycles. The summed E-state index contributed by atoms with van der Waals surface area (Å²) in [5.41, 5.74) is 3.36. The first-order valence-corrected chi connectivity index (χ1v) is 4.24. The molecule has 0 aliphatic rings. The summed E-state index contributed by atoms with van der Waals surface area (Å²) in [6, 6.07) is 9.14. The van der Waals surface area contributed by atoms with Crippen LogP contribution in [0.3, 0.4) is 0 Å². The van der Waals surface area contributed by atoms with E-state index in [4.69, 9.17) is 11.6 Å². The Balaban J connectivity index is 2.59. The Morgan fingerprint density at radius 3 is 2.64 bits per heavy atom. The molecular formula is C9H9ClN2O2. The first kappa shape index (κ1) is 10.5. The van der Waals surface area contributed by atoms with Crippen molar-refractivity contribution in [3.8, 4) is 0 Å². The summed E-state index contributed by atoms with van der Waals surface area (Å²) in [4.78, 5) is 10.8. The zero-order chi connectivity index (χ0) is 10.4. The van der Waals surface area contributed by atoms with Crippen molar-refractivity contribution in [2.24, 2.45) is 5.10 Å². The zero-order valence-corrected chi connectivity index (χ0v) is 8.28. The van der Waals surface area contributed by atoms with E-state index in [1.54, 1.807) is 12.1 Å². The summed E-state index contributed by atoms with van der Waals surface area (Å²) >= 11 is 5.49. The second-order valence-electron chi connectivity index (χ2n) is 2.37. The number of nitrogens with one attached hydrogen (secondary N) is 1. The van der Waals surface area contributed by atoms with Gasteiger partial charge in [-0.1, -0.05) is 29.8 Å². The molecule has 0 aliphatic heterocycles. The topological polar surface area (TPSA) is 50.7 Å². The molecule has 0 saturated heterocycles. The van der Waals surface area contributed by atoms with E-state index in [1.165, 1.54) is 7.11 Å². The Bertz CT molecular complexity index is 338. The van der Waals surface area contributed by atoms with Crippen molar-refractivity contribution in [1.82, 2.24) is 0 Å². The monoisotopic (exact) mass is 212 g/mol. The van der Waals surface area contributed by atoms with Crippen LogP contribution in [0.2, 0.25) is 0 Å². The van der Waals surface area contributed by atoms with Gasteiger partial charge in [-0.05, 0) is 12.1 Å². The van der Waals surface area contributed by atoms with Crippen molar-refractivity contribution in [2.75, 3.05) is 12.5 Å². The molecule has 0 radical (unpaired) electrons. The number of methoxy groups -OCH3 is 1. The highest BCUT2D eigenvalue weighted by Gasteiger charge is 2.06. The van der Waals surface area contributed by atoms with Gasteiger partial charge < -0.3 is 4.74 Å². The van der Waals surface area contributed by atoms with Crippen LogP contribution in [-0.4, -0.2) is 18.2 Å². The second kappa shape index (κ2) is 5.24. The molecule has 0 spiro atoms. The van der Waals surface area contributed by atoms with Gasteiger partial charge in [0.1, 0.15) is 0 Å². The molecule has 0 heterocycles.